The summed E-state index contributed by atoms with van der Waals surface area (Å²) in [5, 5.41) is 3.14. The Morgan fingerprint density at radius 2 is 1.81 bits per heavy atom. The van der Waals surface area contributed by atoms with Crippen LogP contribution >= 0.6 is 11.6 Å². The predicted molar refractivity (Wildman–Crippen MR) is 104 cm³/mol. The first-order valence-electron chi connectivity index (χ1n) is 8.26. The Hall–Kier alpha value is -2.53. The topological polar surface area (TPSA) is 58.6 Å². The zero-order valence-electron chi connectivity index (χ0n) is 15.4. The average molecular weight is 375 g/mol. The van der Waals surface area contributed by atoms with Crippen LogP contribution in [0.2, 0.25) is 5.02 Å². The predicted octanol–water partition coefficient (Wildman–Crippen LogP) is 4.18. The van der Waals surface area contributed by atoms with Crippen molar-refractivity contribution in [2.75, 3.05) is 26.5 Å². The lowest BCUT2D eigenvalue weighted by Gasteiger charge is -2.14. The molecule has 0 bridgehead atoms. The van der Waals surface area contributed by atoms with E-state index in [0.29, 0.717) is 22.7 Å². The number of hydrogen-bond donors (Lipinski definition) is 1. The summed E-state index contributed by atoms with van der Waals surface area (Å²) in [4.78, 5) is 25.8. The highest BCUT2D eigenvalue weighted by Crippen LogP contribution is 2.24. The Morgan fingerprint density at radius 3 is 2.35 bits per heavy atom. The van der Waals surface area contributed by atoms with E-state index in [0.717, 1.165) is 11.3 Å². The largest absolute Gasteiger partial charge is 0.497 e. The third-order valence-corrected chi connectivity index (χ3v) is 4.38. The van der Waals surface area contributed by atoms with Crippen molar-refractivity contribution in [2.45, 2.75) is 19.3 Å². The number of rotatable bonds is 6. The lowest BCUT2D eigenvalue weighted by molar-refractivity contribution is -0.116. The second-order valence-electron chi connectivity index (χ2n) is 6.32. The fourth-order valence-electron chi connectivity index (χ4n) is 2.55. The Labute approximate surface area is 158 Å². The van der Waals surface area contributed by atoms with Crippen molar-refractivity contribution in [3.63, 3.8) is 0 Å². The molecular weight excluding hydrogens is 352 g/mol. The summed E-state index contributed by atoms with van der Waals surface area (Å²) in [6, 6.07) is 12.6. The number of methoxy groups -OCH3 is 1. The molecular formula is C20H23ClN2O3. The molecule has 0 aromatic heterocycles. The number of anilines is 1. The van der Waals surface area contributed by atoms with E-state index in [1.807, 2.05) is 31.2 Å². The minimum absolute atomic E-state index is 0.0611. The van der Waals surface area contributed by atoms with Crippen molar-refractivity contribution in [1.82, 2.24) is 4.90 Å². The molecule has 6 heteroatoms. The van der Waals surface area contributed by atoms with Crippen molar-refractivity contribution in [3.05, 3.63) is 58.6 Å². The van der Waals surface area contributed by atoms with Crippen molar-refractivity contribution in [2.24, 2.45) is 0 Å². The van der Waals surface area contributed by atoms with Gasteiger partial charge in [0.2, 0.25) is 5.91 Å². The summed E-state index contributed by atoms with van der Waals surface area (Å²) < 4.78 is 5.14. The van der Waals surface area contributed by atoms with Crippen molar-refractivity contribution in [1.29, 1.82) is 0 Å². The highest BCUT2D eigenvalue weighted by Gasteiger charge is 2.15. The molecule has 0 saturated heterocycles. The van der Waals surface area contributed by atoms with Crippen LogP contribution in [0.3, 0.4) is 0 Å². The quantitative estimate of drug-likeness (QED) is 0.825. The number of nitrogens with zero attached hydrogens (tertiary/aromatic N) is 1. The molecule has 0 radical (unpaired) electrons. The molecule has 5 nitrogen and oxygen atoms in total. The summed E-state index contributed by atoms with van der Waals surface area (Å²) in [7, 11) is 4.94. The molecule has 0 aliphatic rings. The van der Waals surface area contributed by atoms with Crippen LogP contribution in [0.15, 0.2) is 42.5 Å². The Balaban J connectivity index is 2.00. The van der Waals surface area contributed by atoms with Crippen molar-refractivity contribution < 1.29 is 14.3 Å². The third kappa shape index (κ3) is 4.99. The Kier molecular flexibility index (Phi) is 6.64. The summed E-state index contributed by atoms with van der Waals surface area (Å²) in [5.74, 6) is 0.551. The van der Waals surface area contributed by atoms with Crippen LogP contribution in [0.5, 0.6) is 5.75 Å². The van der Waals surface area contributed by atoms with E-state index >= 15 is 0 Å². The van der Waals surface area contributed by atoms with E-state index in [4.69, 9.17) is 16.3 Å². The molecule has 0 heterocycles. The molecule has 1 unspecified atom stereocenters. The van der Waals surface area contributed by atoms with Crippen LogP contribution in [0, 0.1) is 0 Å². The van der Waals surface area contributed by atoms with Crippen molar-refractivity contribution in [3.8, 4) is 5.75 Å². The molecule has 0 saturated carbocycles. The SMILES string of the molecule is COc1ccc(C(C)CC(=O)Nc2ccc(C(=O)N(C)C)c(Cl)c2)cc1. The lowest BCUT2D eigenvalue weighted by atomic mass is 9.97. The van der Waals surface area contributed by atoms with E-state index < -0.39 is 0 Å². The monoisotopic (exact) mass is 374 g/mol. The van der Waals surface area contributed by atoms with Gasteiger partial charge < -0.3 is 15.0 Å². The summed E-state index contributed by atoms with van der Waals surface area (Å²) in [6.07, 6.45) is 0.336. The Morgan fingerprint density at radius 1 is 1.15 bits per heavy atom. The van der Waals surface area contributed by atoms with Gasteiger partial charge in [-0.15, -0.1) is 0 Å². The highest BCUT2D eigenvalue weighted by molar-refractivity contribution is 6.34. The molecule has 1 N–H and O–H groups in total. The van der Waals surface area contributed by atoms with Crippen LogP contribution < -0.4 is 10.1 Å². The number of benzene rings is 2. The molecule has 2 aromatic carbocycles. The third-order valence-electron chi connectivity index (χ3n) is 4.07. The summed E-state index contributed by atoms with van der Waals surface area (Å²) in [5.41, 5.74) is 2.03. The van der Waals surface area contributed by atoms with Crippen LogP contribution in [0.25, 0.3) is 0 Å². The first kappa shape index (κ1) is 19.8. The van der Waals surface area contributed by atoms with Crippen LogP contribution in [0.1, 0.15) is 35.2 Å². The fourth-order valence-corrected chi connectivity index (χ4v) is 2.81. The van der Waals surface area contributed by atoms with Gasteiger partial charge in [0.1, 0.15) is 5.75 Å². The van der Waals surface area contributed by atoms with E-state index in [2.05, 4.69) is 5.32 Å². The minimum Gasteiger partial charge on any atom is -0.497 e. The van der Waals surface area contributed by atoms with Gasteiger partial charge in [-0.2, -0.15) is 0 Å². The van der Waals surface area contributed by atoms with Crippen LogP contribution in [-0.2, 0) is 4.79 Å². The first-order valence-corrected chi connectivity index (χ1v) is 8.64. The lowest BCUT2D eigenvalue weighted by Crippen LogP contribution is -2.22. The molecule has 0 aliphatic carbocycles. The highest BCUT2D eigenvalue weighted by atomic mass is 35.5. The zero-order valence-corrected chi connectivity index (χ0v) is 16.1. The van der Waals surface area contributed by atoms with Gasteiger partial charge >= 0.3 is 0 Å². The number of hydrogen-bond acceptors (Lipinski definition) is 3. The van der Waals surface area contributed by atoms with Crippen LogP contribution in [0.4, 0.5) is 5.69 Å². The molecule has 0 fully saturated rings. The van der Waals surface area contributed by atoms with Gasteiger partial charge in [-0.1, -0.05) is 30.7 Å². The fraction of sp³-hybridized carbons (Fsp3) is 0.300. The first-order chi connectivity index (χ1) is 12.3. The molecule has 0 aliphatic heterocycles. The van der Waals surface area contributed by atoms with Gasteiger partial charge in [-0.25, -0.2) is 0 Å². The average Bonchev–Trinajstić information content (AvgIpc) is 2.61. The number of carbonyl (C=O) groups is 2. The maximum absolute atomic E-state index is 12.3. The molecule has 2 amide bonds. The zero-order chi connectivity index (χ0) is 19.3. The molecule has 26 heavy (non-hydrogen) atoms. The Bertz CT molecular complexity index is 788. The van der Waals surface area contributed by atoms with E-state index in [9.17, 15) is 9.59 Å². The van der Waals surface area contributed by atoms with Gasteiger partial charge in [-0.3, -0.25) is 9.59 Å². The van der Waals surface area contributed by atoms with E-state index in [1.165, 1.54) is 4.90 Å². The van der Waals surface area contributed by atoms with Gasteiger partial charge in [0, 0.05) is 26.2 Å². The number of amides is 2. The molecule has 2 aromatic rings. The van der Waals surface area contributed by atoms with Gasteiger partial charge in [-0.05, 0) is 41.8 Å². The molecule has 0 spiro atoms. The summed E-state index contributed by atoms with van der Waals surface area (Å²) in [6.45, 7) is 1.99. The second kappa shape index (κ2) is 8.72. The van der Waals surface area contributed by atoms with Gasteiger partial charge in [0.15, 0.2) is 0 Å². The normalized spacial score (nSPS) is 11.6. The van der Waals surface area contributed by atoms with Gasteiger partial charge in [0.05, 0.1) is 17.7 Å². The maximum atomic E-state index is 12.3. The van der Waals surface area contributed by atoms with E-state index in [1.54, 1.807) is 39.4 Å². The molecule has 2 rings (SSSR count). The van der Waals surface area contributed by atoms with Gasteiger partial charge in [0.25, 0.3) is 5.91 Å². The number of halogens is 1. The smallest absolute Gasteiger partial charge is 0.254 e. The molecule has 138 valence electrons. The second-order valence-corrected chi connectivity index (χ2v) is 6.73. The molecule has 1 atom stereocenters. The summed E-state index contributed by atoms with van der Waals surface area (Å²) >= 11 is 6.17. The van der Waals surface area contributed by atoms with E-state index in [-0.39, 0.29) is 17.7 Å². The standard InChI is InChI=1S/C20H23ClN2O3/c1-13(14-5-8-16(26-4)9-6-14)11-19(24)22-15-7-10-17(18(21)12-15)20(25)23(2)3/h5-10,12-13H,11H2,1-4H3,(H,22,24). The number of ether oxygens (including phenoxy) is 1. The maximum Gasteiger partial charge on any atom is 0.254 e. The number of nitrogens with one attached hydrogen (secondary N) is 1. The van der Waals surface area contributed by atoms with Crippen molar-refractivity contribution >= 4 is 29.1 Å². The van der Waals surface area contributed by atoms with Crippen LogP contribution in [-0.4, -0.2) is 37.9 Å². The number of carbonyl (C=O) groups excluding carboxylic acids is 2. The minimum atomic E-state index is -0.180.